The number of benzene rings is 1. The Morgan fingerprint density at radius 3 is 2.60 bits per heavy atom. The second-order valence-electron chi connectivity index (χ2n) is 13.1. The SMILES string of the molecule is CC[C@H]1CN(C(=O)Cc2ccc(CN3CCN(C)CC3)c(C(F)(F)F)c2)Cc2cc(Oc3ccnc4[nH]c(C(=O)N(C)CCO)cc34)cnc21. The number of carbonyl (C=O) groups excluding carboxylic acids is 2. The van der Waals surface area contributed by atoms with E-state index in [-0.39, 0.29) is 56.0 Å². The predicted molar refractivity (Wildman–Crippen MR) is 181 cm³/mol. The molecule has 6 rings (SSSR count). The lowest BCUT2D eigenvalue weighted by Gasteiger charge is -2.34. The topological polar surface area (TPSA) is 118 Å². The van der Waals surface area contributed by atoms with Crippen molar-refractivity contribution in [2.24, 2.45) is 0 Å². The molecule has 1 aromatic carbocycles. The van der Waals surface area contributed by atoms with Gasteiger partial charge >= 0.3 is 6.18 Å². The standard InChI is InChI=1S/C36H42F3N7O4/c1-4-24-21-46(32(48)16-23-5-6-25(29(15-23)36(37,38)39)20-45-11-9-43(2)10-12-45)22-26-17-27(19-41-33(24)26)50-31-7-8-40-34-28(31)18-30(42-34)35(49)44(3)13-14-47/h5-8,15,17-19,24,47H,4,9-14,16,20-22H2,1-3H3,(H,40,42)/t24-/m0/s1. The number of fused-ring (bicyclic) bond motifs is 2. The highest BCUT2D eigenvalue weighted by atomic mass is 19.4. The molecule has 1 atom stereocenters. The van der Waals surface area contributed by atoms with Crippen LogP contribution in [0.1, 0.15) is 57.7 Å². The third-order valence-corrected chi connectivity index (χ3v) is 9.57. The molecule has 1 fully saturated rings. The summed E-state index contributed by atoms with van der Waals surface area (Å²) in [6, 6.07) is 9.45. The highest BCUT2D eigenvalue weighted by Crippen LogP contribution is 2.36. The maximum atomic E-state index is 14.2. The molecular weight excluding hydrogens is 651 g/mol. The smallest absolute Gasteiger partial charge is 0.416 e. The Balaban J connectivity index is 1.18. The molecule has 0 saturated carbocycles. The molecule has 2 aliphatic rings. The molecule has 3 aromatic heterocycles. The molecule has 0 radical (unpaired) electrons. The summed E-state index contributed by atoms with van der Waals surface area (Å²) in [4.78, 5) is 45.7. The van der Waals surface area contributed by atoms with Crippen LogP contribution in [0, 0.1) is 0 Å². The fourth-order valence-corrected chi connectivity index (χ4v) is 6.64. The molecule has 5 heterocycles. The Morgan fingerprint density at radius 1 is 1.10 bits per heavy atom. The third-order valence-electron chi connectivity index (χ3n) is 9.57. The number of carbonyl (C=O) groups is 2. The number of ether oxygens (including phenoxy) is 1. The zero-order valence-electron chi connectivity index (χ0n) is 28.5. The van der Waals surface area contributed by atoms with Crippen molar-refractivity contribution in [1.82, 2.24) is 34.6 Å². The van der Waals surface area contributed by atoms with Crippen LogP contribution in [0.2, 0.25) is 0 Å². The Labute approximate surface area is 288 Å². The minimum Gasteiger partial charge on any atom is -0.455 e. The van der Waals surface area contributed by atoms with Crippen molar-refractivity contribution < 1.29 is 32.6 Å². The number of likely N-dealkylation sites (N-methyl/N-ethyl adjacent to an activating group) is 2. The first-order chi connectivity index (χ1) is 23.9. The number of pyridine rings is 2. The number of aromatic nitrogens is 3. The van der Waals surface area contributed by atoms with Gasteiger partial charge in [-0.2, -0.15) is 13.2 Å². The van der Waals surface area contributed by atoms with Crippen molar-refractivity contribution in [2.45, 2.75) is 44.9 Å². The van der Waals surface area contributed by atoms with Gasteiger partial charge in [0, 0.05) is 71.5 Å². The zero-order valence-corrected chi connectivity index (χ0v) is 28.5. The van der Waals surface area contributed by atoms with Crippen LogP contribution in [-0.4, -0.2) is 111 Å². The lowest BCUT2D eigenvalue weighted by molar-refractivity contribution is -0.139. The van der Waals surface area contributed by atoms with Crippen molar-refractivity contribution in [2.75, 3.05) is 60.0 Å². The van der Waals surface area contributed by atoms with Gasteiger partial charge in [-0.15, -0.1) is 0 Å². The van der Waals surface area contributed by atoms with Crippen LogP contribution in [0.25, 0.3) is 11.0 Å². The van der Waals surface area contributed by atoms with Crippen LogP contribution < -0.4 is 4.74 Å². The average molecular weight is 694 g/mol. The number of nitrogens with one attached hydrogen (secondary N) is 1. The highest BCUT2D eigenvalue weighted by Gasteiger charge is 2.35. The monoisotopic (exact) mass is 693 g/mol. The lowest BCUT2D eigenvalue weighted by atomic mass is 9.92. The second-order valence-corrected chi connectivity index (χ2v) is 13.1. The van der Waals surface area contributed by atoms with Crippen LogP contribution in [0.15, 0.2) is 48.8 Å². The summed E-state index contributed by atoms with van der Waals surface area (Å²) >= 11 is 0. The van der Waals surface area contributed by atoms with E-state index < -0.39 is 11.7 Å². The summed E-state index contributed by atoms with van der Waals surface area (Å²) in [5.74, 6) is 0.272. The van der Waals surface area contributed by atoms with Gasteiger partial charge in [0.15, 0.2) is 0 Å². The second kappa shape index (κ2) is 14.8. The van der Waals surface area contributed by atoms with Crippen molar-refractivity contribution in [3.63, 3.8) is 0 Å². The molecule has 2 aliphatic heterocycles. The molecule has 0 aliphatic carbocycles. The number of rotatable bonds is 10. The van der Waals surface area contributed by atoms with Gasteiger partial charge in [0.05, 0.1) is 35.9 Å². The Hall–Kier alpha value is -4.53. The van der Waals surface area contributed by atoms with E-state index in [0.29, 0.717) is 53.4 Å². The first kappa shape index (κ1) is 35.3. The minimum atomic E-state index is -4.53. The molecular formula is C36H42F3N7O4. The van der Waals surface area contributed by atoms with Gasteiger partial charge < -0.3 is 29.5 Å². The number of amides is 2. The molecule has 0 spiro atoms. The van der Waals surface area contributed by atoms with Crippen molar-refractivity contribution >= 4 is 22.8 Å². The number of piperazine rings is 1. The van der Waals surface area contributed by atoms with Gasteiger partial charge in [0.2, 0.25) is 5.91 Å². The van der Waals surface area contributed by atoms with Crippen molar-refractivity contribution in [1.29, 1.82) is 0 Å². The maximum absolute atomic E-state index is 14.2. The minimum absolute atomic E-state index is 0.0461. The van der Waals surface area contributed by atoms with Crippen LogP contribution in [0.3, 0.4) is 0 Å². The van der Waals surface area contributed by atoms with Crippen LogP contribution in [0.5, 0.6) is 11.5 Å². The van der Waals surface area contributed by atoms with Crippen LogP contribution >= 0.6 is 0 Å². The van der Waals surface area contributed by atoms with Crippen molar-refractivity contribution in [3.05, 3.63) is 82.4 Å². The van der Waals surface area contributed by atoms with Crippen LogP contribution in [-0.2, 0) is 30.5 Å². The first-order valence-electron chi connectivity index (χ1n) is 16.8. The number of aromatic amines is 1. The Morgan fingerprint density at radius 2 is 1.88 bits per heavy atom. The molecule has 2 N–H and O–H groups in total. The van der Waals surface area contributed by atoms with Crippen molar-refractivity contribution in [3.8, 4) is 11.5 Å². The maximum Gasteiger partial charge on any atom is 0.416 e. The number of hydrogen-bond donors (Lipinski definition) is 2. The number of aliphatic hydroxyl groups excluding tert-OH is 1. The summed E-state index contributed by atoms with van der Waals surface area (Å²) in [5.41, 5.74) is 2.27. The van der Waals surface area contributed by atoms with Gasteiger partial charge in [0.1, 0.15) is 22.8 Å². The number of halogens is 3. The molecule has 50 heavy (non-hydrogen) atoms. The van der Waals surface area contributed by atoms with Gasteiger partial charge in [-0.1, -0.05) is 19.1 Å². The quantitative estimate of drug-likeness (QED) is 0.247. The molecule has 4 aromatic rings. The van der Waals surface area contributed by atoms with Gasteiger partial charge in [-0.3, -0.25) is 19.5 Å². The lowest BCUT2D eigenvalue weighted by Crippen LogP contribution is -2.44. The number of hydrogen-bond acceptors (Lipinski definition) is 8. The van der Waals surface area contributed by atoms with E-state index in [4.69, 9.17) is 9.72 Å². The zero-order chi connectivity index (χ0) is 35.6. The van der Waals surface area contributed by atoms with Gasteiger partial charge in [-0.05, 0) is 54.4 Å². The number of H-pyrrole nitrogens is 1. The van der Waals surface area contributed by atoms with E-state index in [0.717, 1.165) is 36.8 Å². The summed E-state index contributed by atoms with van der Waals surface area (Å²) in [6.45, 7) is 5.93. The van der Waals surface area contributed by atoms with E-state index in [1.807, 2.05) is 24.9 Å². The highest BCUT2D eigenvalue weighted by molar-refractivity contribution is 5.98. The first-order valence-corrected chi connectivity index (χ1v) is 16.8. The molecule has 0 bridgehead atoms. The average Bonchev–Trinajstić information content (AvgIpc) is 3.54. The van der Waals surface area contributed by atoms with E-state index in [2.05, 4.69) is 14.9 Å². The number of nitrogens with zero attached hydrogens (tertiary/aromatic N) is 6. The normalized spacial score (nSPS) is 17.2. The molecule has 266 valence electrons. The van der Waals surface area contributed by atoms with Gasteiger partial charge in [-0.25, -0.2) is 4.98 Å². The fourth-order valence-electron chi connectivity index (χ4n) is 6.64. The van der Waals surface area contributed by atoms with Gasteiger partial charge in [0.25, 0.3) is 5.91 Å². The molecule has 11 nitrogen and oxygen atoms in total. The fraction of sp³-hybridized carbons (Fsp3) is 0.444. The number of aliphatic hydroxyl groups is 1. The predicted octanol–water partition coefficient (Wildman–Crippen LogP) is 4.66. The third kappa shape index (κ3) is 7.77. The number of alkyl halides is 3. The van der Waals surface area contributed by atoms with E-state index in [1.165, 1.54) is 11.0 Å². The summed E-state index contributed by atoms with van der Waals surface area (Å²) in [6.07, 6.45) is -0.776. The molecule has 14 heteroatoms. The van der Waals surface area contributed by atoms with E-state index >= 15 is 0 Å². The Kier molecular flexibility index (Phi) is 10.4. The van der Waals surface area contributed by atoms with E-state index in [9.17, 15) is 27.9 Å². The van der Waals surface area contributed by atoms with Crippen LogP contribution in [0.4, 0.5) is 13.2 Å². The Bertz CT molecular complexity index is 1860. The van der Waals surface area contributed by atoms with E-state index in [1.54, 1.807) is 42.5 Å². The molecule has 0 unspecified atom stereocenters. The molecule has 2 amide bonds. The largest absolute Gasteiger partial charge is 0.455 e. The summed E-state index contributed by atoms with van der Waals surface area (Å²) in [7, 11) is 3.60. The summed E-state index contributed by atoms with van der Waals surface area (Å²) < 4.78 is 48.8. The molecule has 1 saturated heterocycles. The summed E-state index contributed by atoms with van der Waals surface area (Å²) in [5, 5.41) is 9.79.